The van der Waals surface area contributed by atoms with Gasteiger partial charge in [0.25, 0.3) is 5.91 Å². The highest BCUT2D eigenvalue weighted by atomic mass is 16.2. The Labute approximate surface area is 127 Å². The average Bonchev–Trinajstić information content (AvgIpc) is 2.50. The van der Waals surface area contributed by atoms with E-state index in [-0.39, 0.29) is 11.5 Å². The number of anilines is 1. The molecule has 0 spiro atoms. The number of H-pyrrole nitrogens is 1. The number of aromatic amines is 1. The van der Waals surface area contributed by atoms with E-state index >= 15 is 0 Å². The van der Waals surface area contributed by atoms with E-state index in [1.807, 2.05) is 50.2 Å². The van der Waals surface area contributed by atoms with Crippen LogP contribution >= 0.6 is 0 Å². The number of aryl methyl sites for hydroxylation is 2. The van der Waals surface area contributed by atoms with Gasteiger partial charge in [0.15, 0.2) is 0 Å². The van der Waals surface area contributed by atoms with Gasteiger partial charge in [-0.3, -0.25) is 9.59 Å². The lowest BCUT2D eigenvalue weighted by molar-refractivity contribution is 0.102. The number of carbonyl (C=O) groups excluding carboxylic acids is 1. The molecule has 0 bridgehead atoms. The number of aromatic nitrogens is 1. The number of nitrogens with one attached hydrogen (secondary N) is 2. The van der Waals surface area contributed by atoms with Gasteiger partial charge in [-0.05, 0) is 31.0 Å². The molecule has 0 radical (unpaired) electrons. The summed E-state index contributed by atoms with van der Waals surface area (Å²) in [7, 11) is 0. The van der Waals surface area contributed by atoms with E-state index in [4.69, 9.17) is 0 Å². The van der Waals surface area contributed by atoms with Crippen molar-refractivity contribution in [3.63, 3.8) is 0 Å². The van der Waals surface area contributed by atoms with Gasteiger partial charge in [-0.15, -0.1) is 0 Å². The van der Waals surface area contributed by atoms with E-state index in [2.05, 4.69) is 10.3 Å². The molecule has 4 nitrogen and oxygen atoms in total. The van der Waals surface area contributed by atoms with Crippen molar-refractivity contribution >= 4 is 22.5 Å². The predicted molar refractivity (Wildman–Crippen MR) is 88.4 cm³/mol. The summed E-state index contributed by atoms with van der Waals surface area (Å²) in [5, 5.41) is 3.65. The molecule has 2 N–H and O–H groups in total. The molecule has 1 heterocycles. The lowest BCUT2D eigenvalue weighted by Gasteiger charge is -2.12. The fourth-order valence-corrected chi connectivity index (χ4v) is 2.58. The second-order valence-electron chi connectivity index (χ2n) is 5.31. The van der Waals surface area contributed by atoms with E-state index in [1.165, 1.54) is 6.07 Å². The van der Waals surface area contributed by atoms with Gasteiger partial charge in [0.2, 0.25) is 5.56 Å². The zero-order valence-corrected chi connectivity index (χ0v) is 12.4. The van der Waals surface area contributed by atoms with Crippen LogP contribution in [0.15, 0.2) is 53.3 Å². The maximum atomic E-state index is 12.6. The average molecular weight is 292 g/mol. The normalized spacial score (nSPS) is 10.6. The van der Waals surface area contributed by atoms with Crippen molar-refractivity contribution in [2.75, 3.05) is 5.32 Å². The Hall–Kier alpha value is -2.88. The number of amides is 1. The Kier molecular flexibility index (Phi) is 3.51. The van der Waals surface area contributed by atoms with E-state index in [0.717, 1.165) is 22.2 Å². The van der Waals surface area contributed by atoms with E-state index in [1.54, 1.807) is 6.07 Å². The first-order chi connectivity index (χ1) is 10.6. The van der Waals surface area contributed by atoms with Crippen LogP contribution in [0.25, 0.3) is 10.9 Å². The minimum Gasteiger partial charge on any atom is -0.322 e. The number of fused-ring (bicyclic) bond motifs is 1. The van der Waals surface area contributed by atoms with Gasteiger partial charge >= 0.3 is 0 Å². The first-order valence-electron chi connectivity index (χ1n) is 7.06. The number of carbonyl (C=O) groups is 1. The third-order valence-corrected chi connectivity index (χ3v) is 3.71. The summed E-state index contributed by atoms with van der Waals surface area (Å²) in [5.41, 5.74) is 3.51. The molecule has 1 aromatic heterocycles. The minimum atomic E-state index is -0.287. The molecule has 22 heavy (non-hydrogen) atoms. The van der Waals surface area contributed by atoms with Gasteiger partial charge in [-0.2, -0.15) is 0 Å². The smallest absolute Gasteiger partial charge is 0.256 e. The summed E-state index contributed by atoms with van der Waals surface area (Å²) >= 11 is 0. The largest absolute Gasteiger partial charge is 0.322 e. The van der Waals surface area contributed by atoms with Gasteiger partial charge in [-0.25, -0.2) is 0 Å². The van der Waals surface area contributed by atoms with Crippen molar-refractivity contribution in [2.45, 2.75) is 13.8 Å². The van der Waals surface area contributed by atoms with Crippen LogP contribution in [-0.2, 0) is 0 Å². The fraction of sp³-hybridized carbons (Fsp3) is 0.111. The molecular weight excluding hydrogens is 276 g/mol. The Morgan fingerprint density at radius 2 is 1.68 bits per heavy atom. The fourth-order valence-electron chi connectivity index (χ4n) is 2.58. The van der Waals surface area contributed by atoms with Crippen molar-refractivity contribution in [3.05, 3.63) is 75.6 Å². The van der Waals surface area contributed by atoms with Crippen molar-refractivity contribution in [1.29, 1.82) is 0 Å². The summed E-state index contributed by atoms with van der Waals surface area (Å²) < 4.78 is 0. The molecular formula is C18H16N2O2. The molecule has 0 aliphatic carbocycles. The van der Waals surface area contributed by atoms with Gasteiger partial charge in [0.1, 0.15) is 0 Å². The van der Waals surface area contributed by atoms with Crippen molar-refractivity contribution < 1.29 is 4.79 Å². The van der Waals surface area contributed by atoms with Crippen LogP contribution in [0.5, 0.6) is 0 Å². The molecule has 110 valence electrons. The molecule has 0 fully saturated rings. The summed E-state index contributed by atoms with van der Waals surface area (Å²) in [6, 6.07) is 14.4. The predicted octanol–water partition coefficient (Wildman–Crippen LogP) is 3.40. The van der Waals surface area contributed by atoms with Crippen molar-refractivity contribution in [3.8, 4) is 0 Å². The monoisotopic (exact) mass is 292 g/mol. The van der Waals surface area contributed by atoms with Crippen LogP contribution in [-0.4, -0.2) is 10.9 Å². The quantitative estimate of drug-likeness (QED) is 0.760. The zero-order chi connectivity index (χ0) is 15.7. The number of benzene rings is 2. The highest BCUT2D eigenvalue weighted by Gasteiger charge is 2.13. The number of pyridine rings is 1. The topological polar surface area (TPSA) is 62.0 Å². The second kappa shape index (κ2) is 5.48. The Morgan fingerprint density at radius 1 is 1.00 bits per heavy atom. The number of hydrogen-bond donors (Lipinski definition) is 2. The van der Waals surface area contributed by atoms with Crippen LogP contribution in [0, 0.1) is 13.8 Å². The molecule has 4 heteroatoms. The highest BCUT2D eigenvalue weighted by molar-refractivity contribution is 6.12. The lowest BCUT2D eigenvalue weighted by Crippen LogP contribution is -2.17. The van der Waals surface area contributed by atoms with Gasteiger partial charge in [0.05, 0.1) is 5.56 Å². The molecule has 3 rings (SSSR count). The van der Waals surface area contributed by atoms with Gasteiger partial charge in [0, 0.05) is 22.7 Å². The first kappa shape index (κ1) is 14.1. The van der Waals surface area contributed by atoms with Gasteiger partial charge < -0.3 is 10.3 Å². The third-order valence-electron chi connectivity index (χ3n) is 3.71. The maximum Gasteiger partial charge on any atom is 0.256 e. The number of hydrogen-bond acceptors (Lipinski definition) is 2. The Morgan fingerprint density at radius 3 is 2.41 bits per heavy atom. The van der Waals surface area contributed by atoms with Crippen LogP contribution in [0.2, 0.25) is 0 Å². The van der Waals surface area contributed by atoms with E-state index in [9.17, 15) is 9.59 Å². The molecule has 0 aliphatic rings. The van der Waals surface area contributed by atoms with Crippen LogP contribution in [0.1, 0.15) is 21.5 Å². The molecule has 2 aromatic carbocycles. The zero-order valence-electron chi connectivity index (χ0n) is 12.4. The Bertz CT molecular complexity index is 906. The van der Waals surface area contributed by atoms with E-state index in [0.29, 0.717) is 11.1 Å². The standard InChI is InChI=1S/C18H16N2O2/c1-11-6-5-7-12(2)17(11)20-18(22)14-10-16(21)19-15-9-4-3-8-13(14)15/h3-10H,1-2H3,(H,19,21)(H,20,22). The third kappa shape index (κ3) is 2.51. The number of para-hydroxylation sites is 2. The number of rotatable bonds is 2. The van der Waals surface area contributed by atoms with Crippen molar-refractivity contribution in [1.82, 2.24) is 4.98 Å². The molecule has 1 amide bonds. The molecule has 3 aromatic rings. The summed E-state index contributed by atoms with van der Waals surface area (Å²) in [6.07, 6.45) is 0. The maximum absolute atomic E-state index is 12.6. The lowest BCUT2D eigenvalue weighted by atomic mass is 10.1. The first-order valence-corrected chi connectivity index (χ1v) is 7.06. The van der Waals surface area contributed by atoms with E-state index < -0.39 is 0 Å². The summed E-state index contributed by atoms with van der Waals surface area (Å²) in [6.45, 7) is 3.89. The van der Waals surface area contributed by atoms with Crippen LogP contribution in [0.3, 0.4) is 0 Å². The van der Waals surface area contributed by atoms with Gasteiger partial charge in [-0.1, -0.05) is 36.4 Å². The molecule has 0 unspecified atom stereocenters. The van der Waals surface area contributed by atoms with Crippen molar-refractivity contribution in [2.24, 2.45) is 0 Å². The SMILES string of the molecule is Cc1cccc(C)c1NC(=O)c1cc(=O)[nH]c2ccccc12. The van der Waals surface area contributed by atoms with Crippen LogP contribution in [0.4, 0.5) is 5.69 Å². The molecule has 0 atom stereocenters. The second-order valence-corrected chi connectivity index (χ2v) is 5.31. The summed E-state index contributed by atoms with van der Waals surface area (Å²) in [4.78, 5) is 27.1. The minimum absolute atomic E-state index is 0.278. The molecule has 0 aliphatic heterocycles. The highest BCUT2D eigenvalue weighted by Crippen LogP contribution is 2.22. The Balaban J connectivity index is 2.08. The molecule has 0 saturated carbocycles. The molecule has 0 saturated heterocycles. The van der Waals surface area contributed by atoms with Crippen LogP contribution < -0.4 is 10.9 Å². The summed E-state index contributed by atoms with van der Waals surface area (Å²) in [5.74, 6) is -0.278.